The van der Waals surface area contributed by atoms with Gasteiger partial charge in [-0.25, -0.2) is 4.79 Å². The molecule has 3 rings (SSSR count). The van der Waals surface area contributed by atoms with Gasteiger partial charge in [0.15, 0.2) is 0 Å². The number of carbonyl (C=O) groups is 1. The van der Waals surface area contributed by atoms with Gasteiger partial charge in [0.25, 0.3) is 0 Å². The normalized spacial score (nSPS) is 15.8. The number of ether oxygens (including phenoxy) is 1. The van der Waals surface area contributed by atoms with Gasteiger partial charge in [-0.05, 0) is 37.3 Å². The molecule has 1 aliphatic rings. The molecule has 0 spiro atoms. The van der Waals surface area contributed by atoms with Crippen LogP contribution in [0.5, 0.6) is 5.75 Å². The third-order valence-corrected chi connectivity index (χ3v) is 4.39. The molecule has 1 aromatic heterocycles. The Labute approximate surface area is 148 Å². The van der Waals surface area contributed by atoms with Gasteiger partial charge in [-0.15, -0.1) is 0 Å². The maximum absolute atomic E-state index is 12.4. The third-order valence-electron chi connectivity index (χ3n) is 4.39. The smallest absolute Gasteiger partial charge is 0.317 e. The number of carbonyl (C=O) groups excluding carboxylic acids is 1. The Hall–Kier alpha value is -2.70. The van der Waals surface area contributed by atoms with Gasteiger partial charge in [-0.2, -0.15) is 5.10 Å². The molecule has 1 saturated heterocycles. The van der Waals surface area contributed by atoms with Gasteiger partial charge < -0.3 is 19.9 Å². The van der Waals surface area contributed by atoms with Crippen molar-refractivity contribution < 1.29 is 9.53 Å². The molecular weight excluding hydrogens is 318 g/mol. The molecule has 1 atom stereocenters. The lowest BCUT2D eigenvalue weighted by atomic mass is 10.2. The Balaban J connectivity index is 1.46. The van der Waals surface area contributed by atoms with Crippen molar-refractivity contribution in [2.24, 2.45) is 0 Å². The highest BCUT2D eigenvalue weighted by atomic mass is 16.5. The fourth-order valence-corrected chi connectivity index (χ4v) is 3.00. The number of amides is 2. The van der Waals surface area contributed by atoms with Crippen molar-refractivity contribution >= 4 is 11.7 Å². The fourth-order valence-electron chi connectivity index (χ4n) is 3.00. The summed E-state index contributed by atoms with van der Waals surface area (Å²) in [5.41, 5.74) is 1.16. The molecule has 134 valence electrons. The van der Waals surface area contributed by atoms with Crippen molar-refractivity contribution in [1.29, 1.82) is 0 Å². The molecule has 7 heteroatoms. The highest BCUT2D eigenvalue weighted by Crippen LogP contribution is 2.20. The largest absolute Gasteiger partial charge is 0.497 e. The minimum atomic E-state index is -0.00552. The Morgan fingerprint density at radius 2 is 1.96 bits per heavy atom. The summed E-state index contributed by atoms with van der Waals surface area (Å²) >= 11 is 0. The number of piperazine rings is 1. The first kappa shape index (κ1) is 17.1. The number of benzene rings is 1. The first-order valence-corrected chi connectivity index (χ1v) is 8.57. The van der Waals surface area contributed by atoms with Crippen LogP contribution < -0.4 is 15.0 Å². The second-order valence-electron chi connectivity index (χ2n) is 6.25. The first-order chi connectivity index (χ1) is 12.2. The van der Waals surface area contributed by atoms with E-state index >= 15 is 0 Å². The van der Waals surface area contributed by atoms with Crippen molar-refractivity contribution in [3.63, 3.8) is 0 Å². The SMILES string of the molecule is COc1ccc(N2CCN(C(=O)N[C@H](C)Cn3cccn3)CC2)cc1. The molecule has 1 aliphatic heterocycles. The van der Waals surface area contributed by atoms with E-state index in [0.29, 0.717) is 19.6 Å². The van der Waals surface area contributed by atoms with Crippen molar-refractivity contribution in [3.8, 4) is 5.75 Å². The Bertz CT molecular complexity index is 663. The second kappa shape index (κ2) is 7.92. The van der Waals surface area contributed by atoms with Crippen LogP contribution in [-0.2, 0) is 6.54 Å². The van der Waals surface area contributed by atoms with Crippen LogP contribution in [0.4, 0.5) is 10.5 Å². The van der Waals surface area contributed by atoms with Gasteiger partial charge in [-0.1, -0.05) is 0 Å². The van der Waals surface area contributed by atoms with Gasteiger partial charge in [-0.3, -0.25) is 4.68 Å². The third kappa shape index (κ3) is 4.43. The maximum atomic E-state index is 12.4. The van der Waals surface area contributed by atoms with Gasteiger partial charge >= 0.3 is 6.03 Å². The average molecular weight is 343 g/mol. The summed E-state index contributed by atoms with van der Waals surface area (Å²) in [7, 11) is 1.67. The number of hydrogen-bond acceptors (Lipinski definition) is 4. The predicted molar refractivity (Wildman–Crippen MR) is 97.0 cm³/mol. The van der Waals surface area contributed by atoms with Crippen LogP contribution in [0.2, 0.25) is 0 Å². The first-order valence-electron chi connectivity index (χ1n) is 8.57. The number of hydrogen-bond donors (Lipinski definition) is 1. The molecule has 0 radical (unpaired) electrons. The summed E-state index contributed by atoms with van der Waals surface area (Å²) < 4.78 is 7.02. The van der Waals surface area contributed by atoms with Gasteiger partial charge in [0, 0.05) is 50.3 Å². The molecule has 2 amide bonds. The summed E-state index contributed by atoms with van der Waals surface area (Å²) in [6.07, 6.45) is 3.64. The van der Waals surface area contributed by atoms with Crippen LogP contribution in [0.25, 0.3) is 0 Å². The van der Waals surface area contributed by atoms with Crippen molar-refractivity contribution in [2.45, 2.75) is 19.5 Å². The lowest BCUT2D eigenvalue weighted by Crippen LogP contribution is -2.53. The molecule has 0 saturated carbocycles. The monoisotopic (exact) mass is 343 g/mol. The molecule has 25 heavy (non-hydrogen) atoms. The molecule has 1 N–H and O–H groups in total. The lowest BCUT2D eigenvalue weighted by molar-refractivity contribution is 0.189. The summed E-state index contributed by atoms with van der Waals surface area (Å²) in [4.78, 5) is 16.6. The van der Waals surface area contributed by atoms with Crippen LogP contribution in [0, 0.1) is 0 Å². The molecule has 2 heterocycles. The molecule has 7 nitrogen and oxygen atoms in total. The predicted octanol–water partition coefficient (Wildman–Crippen LogP) is 1.81. The van der Waals surface area contributed by atoms with E-state index in [0.717, 1.165) is 24.5 Å². The standard InChI is InChI=1S/C18H25N5O2/c1-15(14-23-9-3-8-19-23)20-18(24)22-12-10-21(11-13-22)16-4-6-17(25-2)7-5-16/h3-9,15H,10-14H2,1-2H3,(H,20,24)/t15-/m1/s1. The van der Waals surface area contributed by atoms with E-state index < -0.39 is 0 Å². The minimum absolute atomic E-state index is 0.00552. The van der Waals surface area contributed by atoms with Crippen molar-refractivity contribution in [1.82, 2.24) is 20.0 Å². The summed E-state index contributed by atoms with van der Waals surface area (Å²) in [6.45, 7) is 5.75. The summed E-state index contributed by atoms with van der Waals surface area (Å²) in [5, 5.41) is 7.22. The van der Waals surface area contributed by atoms with E-state index in [1.807, 2.05) is 40.9 Å². The van der Waals surface area contributed by atoms with Gasteiger partial charge in [0.2, 0.25) is 0 Å². The zero-order valence-electron chi connectivity index (χ0n) is 14.8. The molecule has 0 aliphatic carbocycles. The van der Waals surface area contributed by atoms with E-state index in [4.69, 9.17) is 4.74 Å². The second-order valence-corrected chi connectivity index (χ2v) is 6.25. The molecule has 0 unspecified atom stereocenters. The van der Waals surface area contributed by atoms with Crippen LogP contribution in [-0.4, -0.2) is 60.0 Å². The lowest BCUT2D eigenvalue weighted by Gasteiger charge is -2.36. The number of urea groups is 1. The average Bonchev–Trinajstić information content (AvgIpc) is 3.14. The van der Waals surface area contributed by atoms with E-state index in [9.17, 15) is 4.79 Å². The van der Waals surface area contributed by atoms with Gasteiger partial charge in [0.1, 0.15) is 5.75 Å². The molecule has 0 bridgehead atoms. The molecule has 2 aromatic rings. The van der Waals surface area contributed by atoms with Crippen molar-refractivity contribution in [3.05, 3.63) is 42.7 Å². The number of rotatable bonds is 5. The molecular formula is C18H25N5O2. The topological polar surface area (TPSA) is 62.6 Å². The van der Waals surface area contributed by atoms with Crippen molar-refractivity contribution in [2.75, 3.05) is 38.2 Å². The molecule has 1 aromatic carbocycles. The maximum Gasteiger partial charge on any atom is 0.317 e. The Morgan fingerprint density at radius 3 is 2.56 bits per heavy atom. The van der Waals surface area contributed by atoms with Crippen LogP contribution >= 0.6 is 0 Å². The summed E-state index contributed by atoms with van der Waals surface area (Å²) in [6, 6.07) is 9.95. The quantitative estimate of drug-likeness (QED) is 0.899. The number of nitrogens with one attached hydrogen (secondary N) is 1. The van der Waals surface area contributed by atoms with Crippen LogP contribution in [0.3, 0.4) is 0 Å². The number of anilines is 1. The van der Waals surface area contributed by atoms with E-state index in [1.54, 1.807) is 13.3 Å². The van der Waals surface area contributed by atoms with E-state index in [-0.39, 0.29) is 12.1 Å². The van der Waals surface area contributed by atoms with Crippen LogP contribution in [0.1, 0.15) is 6.92 Å². The zero-order chi connectivity index (χ0) is 17.6. The minimum Gasteiger partial charge on any atom is -0.497 e. The molecule has 1 fully saturated rings. The number of aromatic nitrogens is 2. The zero-order valence-corrected chi connectivity index (χ0v) is 14.8. The van der Waals surface area contributed by atoms with Crippen LogP contribution in [0.15, 0.2) is 42.7 Å². The number of methoxy groups -OCH3 is 1. The Kier molecular flexibility index (Phi) is 5.42. The van der Waals surface area contributed by atoms with E-state index in [2.05, 4.69) is 27.4 Å². The summed E-state index contributed by atoms with van der Waals surface area (Å²) in [5.74, 6) is 0.855. The highest BCUT2D eigenvalue weighted by Gasteiger charge is 2.22. The Morgan fingerprint density at radius 1 is 1.24 bits per heavy atom. The van der Waals surface area contributed by atoms with E-state index in [1.165, 1.54) is 0 Å². The van der Waals surface area contributed by atoms with Gasteiger partial charge in [0.05, 0.1) is 13.7 Å². The fraction of sp³-hybridized carbons (Fsp3) is 0.444. The highest BCUT2D eigenvalue weighted by molar-refractivity contribution is 5.74. The number of nitrogens with zero attached hydrogens (tertiary/aromatic N) is 4.